The summed E-state index contributed by atoms with van der Waals surface area (Å²) in [5.74, 6) is 0. The van der Waals surface area contributed by atoms with E-state index in [1.807, 2.05) is 24.3 Å². The minimum absolute atomic E-state index is 0.0322. The molecule has 0 saturated carbocycles. The van der Waals surface area contributed by atoms with E-state index in [0.717, 1.165) is 10.5 Å². The van der Waals surface area contributed by atoms with E-state index in [9.17, 15) is 4.79 Å². The summed E-state index contributed by atoms with van der Waals surface area (Å²) in [6.07, 6.45) is 0. The first-order valence-electron chi connectivity index (χ1n) is 5.13. The van der Waals surface area contributed by atoms with Crippen LogP contribution >= 0.6 is 11.8 Å². The zero-order valence-electron chi connectivity index (χ0n) is 9.30. The van der Waals surface area contributed by atoms with Gasteiger partial charge in [0.2, 0.25) is 0 Å². The van der Waals surface area contributed by atoms with Crippen molar-refractivity contribution in [2.45, 2.75) is 23.6 Å². The van der Waals surface area contributed by atoms with Crippen molar-refractivity contribution in [1.82, 2.24) is 9.97 Å². The van der Waals surface area contributed by atoms with Gasteiger partial charge in [0.25, 0.3) is 5.56 Å². The number of nitrogens with one attached hydrogen (secondary N) is 1. The fourth-order valence-electron chi connectivity index (χ4n) is 1.37. The van der Waals surface area contributed by atoms with Crippen molar-refractivity contribution in [1.29, 1.82) is 0 Å². The van der Waals surface area contributed by atoms with Gasteiger partial charge in [0.1, 0.15) is 0 Å². The second-order valence-electron chi connectivity index (χ2n) is 3.60. The fraction of sp³-hybridized carbons (Fsp3) is 0.167. The summed E-state index contributed by atoms with van der Waals surface area (Å²) in [5, 5.41) is 9.50. The van der Waals surface area contributed by atoms with E-state index in [0.29, 0.717) is 10.9 Å². The molecule has 88 valence electrons. The summed E-state index contributed by atoms with van der Waals surface area (Å²) in [6.45, 7) is 1.82. The number of aryl methyl sites for hydroxylation is 1. The topological polar surface area (TPSA) is 66.0 Å². The highest BCUT2D eigenvalue weighted by Gasteiger charge is 2.01. The van der Waals surface area contributed by atoms with Crippen molar-refractivity contribution < 1.29 is 5.11 Å². The number of rotatable bonds is 3. The van der Waals surface area contributed by atoms with Crippen molar-refractivity contribution in [2.75, 3.05) is 0 Å². The number of aromatic nitrogens is 2. The molecule has 17 heavy (non-hydrogen) atoms. The monoisotopic (exact) mass is 248 g/mol. The quantitative estimate of drug-likeness (QED) is 0.812. The van der Waals surface area contributed by atoms with Crippen LogP contribution in [0.2, 0.25) is 0 Å². The highest BCUT2D eigenvalue weighted by Crippen LogP contribution is 2.23. The van der Waals surface area contributed by atoms with Crippen molar-refractivity contribution in [2.24, 2.45) is 0 Å². The van der Waals surface area contributed by atoms with Crippen molar-refractivity contribution >= 4 is 11.8 Å². The smallest absolute Gasteiger partial charge is 0.251 e. The lowest BCUT2D eigenvalue weighted by atomic mass is 10.2. The van der Waals surface area contributed by atoms with Gasteiger partial charge < -0.3 is 10.1 Å². The predicted molar refractivity (Wildman–Crippen MR) is 66.1 cm³/mol. The first-order chi connectivity index (χ1) is 8.17. The molecule has 5 heteroatoms. The Labute approximate surface area is 103 Å². The molecule has 0 bridgehead atoms. The Hall–Kier alpha value is -1.59. The zero-order valence-corrected chi connectivity index (χ0v) is 10.1. The fourth-order valence-corrected chi connectivity index (χ4v) is 2.21. The standard InChI is InChI=1S/C12H12N2O2S/c1-8-6-11(16)14-12(13-8)17-10-4-2-9(7-15)3-5-10/h2-6,15H,7H2,1H3,(H,13,14,16). The van der Waals surface area contributed by atoms with Gasteiger partial charge in [0.15, 0.2) is 5.16 Å². The maximum Gasteiger partial charge on any atom is 0.251 e. The average molecular weight is 248 g/mol. The molecule has 0 saturated heterocycles. The molecule has 0 aliphatic rings. The number of hydrogen-bond acceptors (Lipinski definition) is 4. The predicted octanol–water partition coefficient (Wildman–Crippen LogP) is 1.72. The van der Waals surface area contributed by atoms with Crippen LogP contribution in [0.25, 0.3) is 0 Å². The summed E-state index contributed by atoms with van der Waals surface area (Å²) in [7, 11) is 0. The third kappa shape index (κ3) is 3.18. The SMILES string of the molecule is Cc1cc(=O)[nH]c(Sc2ccc(CO)cc2)n1. The summed E-state index contributed by atoms with van der Waals surface area (Å²) in [6, 6.07) is 8.92. The van der Waals surface area contributed by atoms with E-state index in [-0.39, 0.29) is 12.2 Å². The summed E-state index contributed by atoms with van der Waals surface area (Å²) in [5.41, 5.74) is 1.41. The summed E-state index contributed by atoms with van der Waals surface area (Å²) < 4.78 is 0. The van der Waals surface area contributed by atoms with Gasteiger partial charge in [0.05, 0.1) is 6.61 Å². The normalized spacial score (nSPS) is 10.5. The Kier molecular flexibility index (Phi) is 3.61. The van der Waals surface area contributed by atoms with Gasteiger partial charge in [-0.05, 0) is 24.6 Å². The summed E-state index contributed by atoms with van der Waals surface area (Å²) in [4.78, 5) is 19.1. The lowest BCUT2D eigenvalue weighted by molar-refractivity contribution is 0.282. The van der Waals surface area contributed by atoms with Crippen molar-refractivity contribution in [3.8, 4) is 0 Å². The zero-order chi connectivity index (χ0) is 12.3. The number of aliphatic hydroxyl groups is 1. The maximum atomic E-state index is 11.3. The molecule has 2 N–H and O–H groups in total. The molecular formula is C12H12N2O2S. The molecule has 0 unspecified atom stereocenters. The van der Waals surface area contributed by atoms with Gasteiger partial charge >= 0.3 is 0 Å². The van der Waals surface area contributed by atoms with Gasteiger partial charge in [-0.15, -0.1) is 0 Å². The Morgan fingerprint density at radius 1 is 1.35 bits per heavy atom. The molecule has 1 aromatic heterocycles. The number of H-pyrrole nitrogens is 1. The van der Waals surface area contributed by atoms with Crippen LogP contribution in [-0.4, -0.2) is 15.1 Å². The number of benzene rings is 1. The molecule has 1 aromatic carbocycles. The molecule has 0 radical (unpaired) electrons. The van der Waals surface area contributed by atoms with Crippen molar-refractivity contribution in [3.05, 3.63) is 51.9 Å². The maximum absolute atomic E-state index is 11.3. The van der Waals surface area contributed by atoms with Crippen LogP contribution < -0.4 is 5.56 Å². The Morgan fingerprint density at radius 3 is 2.65 bits per heavy atom. The second-order valence-corrected chi connectivity index (χ2v) is 4.66. The number of hydrogen-bond donors (Lipinski definition) is 2. The van der Waals surface area contributed by atoms with Gasteiger partial charge in [-0.2, -0.15) is 0 Å². The van der Waals surface area contributed by atoms with E-state index in [2.05, 4.69) is 9.97 Å². The molecule has 0 atom stereocenters. The number of aliphatic hydroxyl groups excluding tert-OH is 1. The average Bonchev–Trinajstić information content (AvgIpc) is 2.28. The molecule has 0 aliphatic heterocycles. The lowest BCUT2D eigenvalue weighted by Crippen LogP contribution is -2.07. The van der Waals surface area contributed by atoms with E-state index < -0.39 is 0 Å². The van der Waals surface area contributed by atoms with Crippen LogP contribution in [0, 0.1) is 6.92 Å². The van der Waals surface area contributed by atoms with Gasteiger partial charge in [0, 0.05) is 16.7 Å². The van der Waals surface area contributed by atoms with Crippen LogP contribution in [0.4, 0.5) is 0 Å². The Balaban J connectivity index is 2.22. The molecule has 0 aliphatic carbocycles. The third-order valence-electron chi connectivity index (χ3n) is 2.17. The Morgan fingerprint density at radius 2 is 2.06 bits per heavy atom. The van der Waals surface area contributed by atoms with Crippen LogP contribution in [0.5, 0.6) is 0 Å². The van der Waals surface area contributed by atoms with E-state index in [1.165, 1.54) is 17.8 Å². The second kappa shape index (κ2) is 5.16. The summed E-state index contributed by atoms with van der Waals surface area (Å²) >= 11 is 1.39. The highest BCUT2D eigenvalue weighted by atomic mass is 32.2. The molecular weight excluding hydrogens is 236 g/mol. The lowest BCUT2D eigenvalue weighted by Gasteiger charge is -2.02. The minimum Gasteiger partial charge on any atom is -0.392 e. The third-order valence-corrected chi connectivity index (χ3v) is 3.06. The number of nitrogens with zero attached hydrogens (tertiary/aromatic N) is 1. The van der Waals surface area contributed by atoms with Gasteiger partial charge in [-0.1, -0.05) is 23.9 Å². The van der Waals surface area contributed by atoms with Gasteiger partial charge in [-0.3, -0.25) is 4.79 Å². The molecule has 0 spiro atoms. The van der Waals surface area contributed by atoms with Crippen LogP contribution in [0.3, 0.4) is 0 Å². The van der Waals surface area contributed by atoms with Crippen LogP contribution in [-0.2, 0) is 6.61 Å². The molecule has 0 fully saturated rings. The largest absolute Gasteiger partial charge is 0.392 e. The van der Waals surface area contributed by atoms with Crippen LogP contribution in [0.15, 0.2) is 45.2 Å². The van der Waals surface area contributed by atoms with E-state index >= 15 is 0 Å². The first kappa shape index (κ1) is 11.9. The van der Waals surface area contributed by atoms with E-state index in [4.69, 9.17) is 5.11 Å². The highest BCUT2D eigenvalue weighted by molar-refractivity contribution is 7.99. The van der Waals surface area contributed by atoms with Gasteiger partial charge in [-0.25, -0.2) is 4.98 Å². The van der Waals surface area contributed by atoms with Crippen LogP contribution in [0.1, 0.15) is 11.3 Å². The molecule has 2 rings (SSSR count). The first-order valence-corrected chi connectivity index (χ1v) is 5.94. The van der Waals surface area contributed by atoms with E-state index in [1.54, 1.807) is 6.92 Å². The molecule has 1 heterocycles. The number of aromatic amines is 1. The molecule has 2 aromatic rings. The van der Waals surface area contributed by atoms with Crippen molar-refractivity contribution in [3.63, 3.8) is 0 Å². The molecule has 0 amide bonds. The Bertz CT molecular complexity index is 563. The molecule has 4 nitrogen and oxygen atoms in total. The minimum atomic E-state index is -0.146.